The van der Waals surface area contributed by atoms with Crippen LogP contribution in [0.25, 0.3) is 0 Å². The third-order valence-electron chi connectivity index (χ3n) is 3.69. The molecule has 2 rings (SSSR count). The number of carbonyl (C=O) groups is 1. The first-order valence-electron chi connectivity index (χ1n) is 5.79. The quantitative estimate of drug-likeness (QED) is 0.715. The normalized spacial score (nSPS) is 31.6. The first-order valence-corrected chi connectivity index (χ1v) is 5.79. The van der Waals surface area contributed by atoms with Crippen molar-refractivity contribution in [3.05, 3.63) is 0 Å². The minimum absolute atomic E-state index is 0.266. The molecule has 0 spiro atoms. The van der Waals surface area contributed by atoms with Gasteiger partial charge in [-0.05, 0) is 24.7 Å². The zero-order valence-electron chi connectivity index (χ0n) is 8.74. The number of rotatable bonds is 2. The van der Waals surface area contributed by atoms with Crippen molar-refractivity contribution in [3.63, 3.8) is 0 Å². The van der Waals surface area contributed by atoms with E-state index in [1.807, 2.05) is 4.90 Å². The van der Waals surface area contributed by atoms with Gasteiger partial charge in [-0.3, -0.25) is 4.79 Å². The van der Waals surface area contributed by atoms with Gasteiger partial charge >= 0.3 is 0 Å². The van der Waals surface area contributed by atoms with Crippen LogP contribution in [0, 0.1) is 11.8 Å². The fraction of sp³-hybridized carbons (Fsp3) is 0.909. The fourth-order valence-electron chi connectivity index (χ4n) is 2.89. The Balaban J connectivity index is 1.89. The van der Waals surface area contributed by atoms with Crippen LogP contribution in [0.3, 0.4) is 0 Å². The Hall–Kier alpha value is -0.570. The van der Waals surface area contributed by atoms with E-state index in [0.717, 1.165) is 24.9 Å². The molecular weight excluding hydrogens is 176 g/mol. The van der Waals surface area contributed by atoms with Gasteiger partial charge in [-0.2, -0.15) is 0 Å². The summed E-state index contributed by atoms with van der Waals surface area (Å²) in [6.45, 7) is 2.50. The molecule has 0 bridgehead atoms. The second-order valence-corrected chi connectivity index (χ2v) is 4.64. The smallest absolute Gasteiger partial charge is 0.223 e. The number of hydrogen-bond donors (Lipinski definition) is 1. The lowest BCUT2D eigenvalue weighted by Gasteiger charge is -2.22. The fourth-order valence-corrected chi connectivity index (χ4v) is 2.89. The molecule has 14 heavy (non-hydrogen) atoms. The molecule has 1 amide bonds. The minimum atomic E-state index is 0.266. The van der Waals surface area contributed by atoms with Gasteiger partial charge in [-0.1, -0.05) is 12.8 Å². The number of nitrogens with zero attached hydrogens (tertiary/aromatic N) is 1. The Morgan fingerprint density at radius 2 is 1.79 bits per heavy atom. The predicted octanol–water partition coefficient (Wildman–Crippen LogP) is 0.984. The van der Waals surface area contributed by atoms with Crippen LogP contribution < -0.4 is 5.73 Å². The van der Waals surface area contributed by atoms with Gasteiger partial charge in [0.2, 0.25) is 5.91 Å². The second-order valence-electron chi connectivity index (χ2n) is 4.64. The summed E-state index contributed by atoms with van der Waals surface area (Å²) in [4.78, 5) is 13.7. The lowest BCUT2D eigenvalue weighted by atomic mass is 9.82. The average molecular weight is 196 g/mol. The SMILES string of the molecule is NCCC(=O)N1CC2CCCCC2C1. The number of carbonyl (C=O) groups excluding carboxylic acids is 1. The van der Waals surface area contributed by atoms with Crippen LogP contribution in [-0.4, -0.2) is 30.4 Å². The highest BCUT2D eigenvalue weighted by molar-refractivity contribution is 5.76. The van der Waals surface area contributed by atoms with Crippen molar-refractivity contribution in [2.24, 2.45) is 17.6 Å². The van der Waals surface area contributed by atoms with Crippen LogP contribution in [0.4, 0.5) is 0 Å². The Morgan fingerprint density at radius 1 is 1.21 bits per heavy atom. The highest BCUT2D eigenvalue weighted by Crippen LogP contribution is 2.36. The minimum Gasteiger partial charge on any atom is -0.342 e. The molecule has 3 heteroatoms. The molecule has 1 aliphatic heterocycles. The molecule has 1 saturated carbocycles. The van der Waals surface area contributed by atoms with E-state index in [1.165, 1.54) is 25.7 Å². The number of hydrogen-bond acceptors (Lipinski definition) is 2. The van der Waals surface area contributed by atoms with Crippen molar-refractivity contribution in [1.29, 1.82) is 0 Å². The van der Waals surface area contributed by atoms with Crippen LogP contribution in [0.5, 0.6) is 0 Å². The predicted molar refractivity (Wildman–Crippen MR) is 55.7 cm³/mol. The van der Waals surface area contributed by atoms with Crippen LogP contribution in [0.15, 0.2) is 0 Å². The van der Waals surface area contributed by atoms with E-state index in [-0.39, 0.29) is 5.91 Å². The van der Waals surface area contributed by atoms with Crippen LogP contribution in [0.2, 0.25) is 0 Å². The Kier molecular flexibility index (Phi) is 3.06. The lowest BCUT2D eigenvalue weighted by molar-refractivity contribution is -0.130. The maximum atomic E-state index is 11.6. The standard InChI is InChI=1S/C11H20N2O/c12-6-5-11(14)13-7-9-3-1-2-4-10(9)8-13/h9-10H,1-8,12H2. The van der Waals surface area contributed by atoms with E-state index in [0.29, 0.717) is 13.0 Å². The van der Waals surface area contributed by atoms with E-state index in [4.69, 9.17) is 5.73 Å². The molecule has 0 aromatic carbocycles. The molecular formula is C11H20N2O. The van der Waals surface area contributed by atoms with Crippen molar-refractivity contribution in [2.45, 2.75) is 32.1 Å². The van der Waals surface area contributed by atoms with Crippen molar-refractivity contribution in [3.8, 4) is 0 Å². The zero-order chi connectivity index (χ0) is 9.97. The summed E-state index contributed by atoms with van der Waals surface area (Å²) in [6, 6.07) is 0. The van der Waals surface area contributed by atoms with Crippen LogP contribution in [0.1, 0.15) is 32.1 Å². The maximum Gasteiger partial charge on any atom is 0.223 e. The highest BCUT2D eigenvalue weighted by atomic mass is 16.2. The molecule has 2 fully saturated rings. The maximum absolute atomic E-state index is 11.6. The monoisotopic (exact) mass is 196 g/mol. The van der Waals surface area contributed by atoms with E-state index >= 15 is 0 Å². The van der Waals surface area contributed by atoms with E-state index in [2.05, 4.69) is 0 Å². The lowest BCUT2D eigenvalue weighted by Crippen LogP contribution is -2.30. The number of fused-ring (bicyclic) bond motifs is 1. The summed E-state index contributed by atoms with van der Waals surface area (Å²) in [6.07, 6.45) is 5.91. The van der Waals surface area contributed by atoms with E-state index in [9.17, 15) is 4.79 Å². The number of likely N-dealkylation sites (tertiary alicyclic amines) is 1. The largest absolute Gasteiger partial charge is 0.342 e. The van der Waals surface area contributed by atoms with Gasteiger partial charge in [-0.25, -0.2) is 0 Å². The molecule has 0 radical (unpaired) electrons. The first kappa shape index (κ1) is 9.97. The van der Waals surface area contributed by atoms with Gasteiger partial charge in [0.25, 0.3) is 0 Å². The molecule has 1 saturated heterocycles. The summed E-state index contributed by atoms with van der Waals surface area (Å²) in [5, 5.41) is 0. The van der Waals surface area contributed by atoms with Gasteiger partial charge in [0.15, 0.2) is 0 Å². The molecule has 1 heterocycles. The summed E-state index contributed by atoms with van der Waals surface area (Å²) in [5.41, 5.74) is 5.40. The first-order chi connectivity index (χ1) is 6.81. The third kappa shape index (κ3) is 1.92. The van der Waals surface area contributed by atoms with Crippen molar-refractivity contribution in [1.82, 2.24) is 4.90 Å². The molecule has 2 atom stereocenters. The summed E-state index contributed by atoms with van der Waals surface area (Å²) >= 11 is 0. The van der Waals surface area contributed by atoms with Gasteiger partial charge in [0.05, 0.1) is 0 Å². The Morgan fingerprint density at radius 3 is 2.29 bits per heavy atom. The van der Waals surface area contributed by atoms with Gasteiger partial charge in [0, 0.05) is 26.1 Å². The Labute approximate surface area is 85.6 Å². The van der Waals surface area contributed by atoms with Crippen molar-refractivity contribution in [2.75, 3.05) is 19.6 Å². The Bertz CT molecular complexity index is 203. The van der Waals surface area contributed by atoms with Crippen molar-refractivity contribution < 1.29 is 4.79 Å². The van der Waals surface area contributed by atoms with Gasteiger partial charge in [0.1, 0.15) is 0 Å². The highest BCUT2D eigenvalue weighted by Gasteiger charge is 2.35. The summed E-state index contributed by atoms with van der Waals surface area (Å²) in [5.74, 6) is 1.86. The van der Waals surface area contributed by atoms with E-state index in [1.54, 1.807) is 0 Å². The van der Waals surface area contributed by atoms with Gasteiger partial charge in [-0.15, -0.1) is 0 Å². The molecule has 2 aliphatic rings. The summed E-state index contributed by atoms with van der Waals surface area (Å²) < 4.78 is 0. The molecule has 0 aromatic heterocycles. The topological polar surface area (TPSA) is 46.3 Å². The number of amides is 1. The van der Waals surface area contributed by atoms with Gasteiger partial charge < -0.3 is 10.6 Å². The second kappa shape index (κ2) is 4.30. The van der Waals surface area contributed by atoms with E-state index < -0.39 is 0 Å². The molecule has 80 valence electrons. The zero-order valence-corrected chi connectivity index (χ0v) is 8.74. The summed E-state index contributed by atoms with van der Waals surface area (Å²) in [7, 11) is 0. The molecule has 2 N–H and O–H groups in total. The van der Waals surface area contributed by atoms with Crippen molar-refractivity contribution >= 4 is 5.91 Å². The molecule has 2 unspecified atom stereocenters. The molecule has 1 aliphatic carbocycles. The third-order valence-corrected chi connectivity index (χ3v) is 3.69. The average Bonchev–Trinajstić information content (AvgIpc) is 2.61. The molecule has 0 aromatic rings. The molecule has 3 nitrogen and oxygen atoms in total. The van der Waals surface area contributed by atoms with Crippen LogP contribution >= 0.6 is 0 Å². The van der Waals surface area contributed by atoms with Crippen LogP contribution in [-0.2, 0) is 4.79 Å². The number of nitrogens with two attached hydrogens (primary N) is 1.